The van der Waals surface area contributed by atoms with Gasteiger partial charge >= 0.3 is 0 Å². The van der Waals surface area contributed by atoms with E-state index in [1.165, 1.54) is 0 Å². The van der Waals surface area contributed by atoms with Crippen LogP contribution in [-0.4, -0.2) is 60.4 Å². The highest BCUT2D eigenvalue weighted by atomic mass is 16.2. The second kappa shape index (κ2) is 8.87. The van der Waals surface area contributed by atoms with Gasteiger partial charge in [0.1, 0.15) is 0 Å². The molecule has 0 spiro atoms. The number of amides is 2. The fourth-order valence-electron chi connectivity index (χ4n) is 1.69. The molecule has 0 aliphatic carbocycles. The van der Waals surface area contributed by atoms with Crippen LogP contribution in [0.4, 0.5) is 0 Å². The van der Waals surface area contributed by atoms with Gasteiger partial charge in [-0.25, -0.2) is 0 Å². The Labute approximate surface area is 141 Å². The molecular formula is C18H33N3O2. The van der Waals surface area contributed by atoms with Crippen molar-refractivity contribution in [3.63, 3.8) is 0 Å². The Hall–Kier alpha value is -1.62. The highest BCUT2D eigenvalue weighted by molar-refractivity contribution is 5.88. The normalized spacial score (nSPS) is 13.1. The molecule has 0 aromatic heterocycles. The second-order valence-corrected chi connectivity index (χ2v) is 7.71. The molecule has 0 unspecified atom stereocenters. The molecule has 0 bridgehead atoms. The molecule has 23 heavy (non-hydrogen) atoms. The first kappa shape index (κ1) is 21.4. The van der Waals surface area contributed by atoms with Crippen molar-refractivity contribution in [1.82, 2.24) is 15.1 Å². The zero-order valence-electron chi connectivity index (χ0n) is 15.9. The lowest BCUT2D eigenvalue weighted by molar-refractivity contribution is -0.128. The number of hydrogen-bond acceptors (Lipinski definition) is 3. The quantitative estimate of drug-likeness (QED) is 0.731. The van der Waals surface area contributed by atoms with Crippen molar-refractivity contribution in [3.05, 3.63) is 24.3 Å². The van der Waals surface area contributed by atoms with Crippen molar-refractivity contribution >= 4 is 11.8 Å². The van der Waals surface area contributed by atoms with Gasteiger partial charge in [0.25, 0.3) is 0 Å². The molecule has 132 valence electrons. The summed E-state index contributed by atoms with van der Waals surface area (Å²) in [6, 6.07) is 0. The SMILES string of the molecule is CN(C)C/C=C/C(=O)NC(C)(C)C/C=C\C(=O)N(C)C(C)(C)C. The maximum atomic E-state index is 12.0. The third-order valence-electron chi connectivity index (χ3n) is 3.43. The van der Waals surface area contributed by atoms with E-state index < -0.39 is 5.54 Å². The van der Waals surface area contributed by atoms with Gasteiger partial charge in [-0.15, -0.1) is 0 Å². The van der Waals surface area contributed by atoms with Crippen LogP contribution in [0.5, 0.6) is 0 Å². The largest absolute Gasteiger partial charge is 0.347 e. The fourth-order valence-corrected chi connectivity index (χ4v) is 1.69. The molecule has 0 saturated carbocycles. The van der Waals surface area contributed by atoms with Crippen molar-refractivity contribution < 1.29 is 9.59 Å². The molecule has 0 aliphatic rings. The van der Waals surface area contributed by atoms with Gasteiger partial charge in [0.05, 0.1) is 0 Å². The predicted octanol–water partition coefficient (Wildman–Crippen LogP) is 2.20. The van der Waals surface area contributed by atoms with Crippen molar-refractivity contribution in [2.24, 2.45) is 0 Å². The molecule has 0 aromatic rings. The number of likely N-dealkylation sites (N-methyl/N-ethyl adjacent to an activating group) is 2. The molecule has 0 heterocycles. The summed E-state index contributed by atoms with van der Waals surface area (Å²) in [4.78, 5) is 27.6. The molecule has 0 radical (unpaired) electrons. The third kappa shape index (κ3) is 9.89. The minimum atomic E-state index is -0.406. The molecule has 0 rings (SSSR count). The number of carbonyl (C=O) groups excluding carboxylic acids is 2. The van der Waals surface area contributed by atoms with Crippen LogP contribution >= 0.6 is 0 Å². The molecule has 0 atom stereocenters. The van der Waals surface area contributed by atoms with Crippen LogP contribution in [0.25, 0.3) is 0 Å². The topological polar surface area (TPSA) is 52.7 Å². The maximum absolute atomic E-state index is 12.0. The lowest BCUT2D eigenvalue weighted by Crippen LogP contribution is -2.43. The summed E-state index contributed by atoms with van der Waals surface area (Å²) in [5, 5.41) is 2.94. The Morgan fingerprint density at radius 1 is 0.957 bits per heavy atom. The molecule has 5 nitrogen and oxygen atoms in total. The summed E-state index contributed by atoms with van der Waals surface area (Å²) in [5.74, 6) is -0.158. The molecule has 2 amide bonds. The Kier molecular flexibility index (Phi) is 8.24. The van der Waals surface area contributed by atoms with E-state index in [2.05, 4.69) is 5.32 Å². The summed E-state index contributed by atoms with van der Waals surface area (Å²) in [6.45, 7) is 10.6. The van der Waals surface area contributed by atoms with Gasteiger partial charge in [-0.2, -0.15) is 0 Å². The number of rotatable bonds is 7. The zero-order valence-corrected chi connectivity index (χ0v) is 15.9. The Bertz CT molecular complexity index is 457. The highest BCUT2D eigenvalue weighted by Gasteiger charge is 2.21. The number of nitrogens with zero attached hydrogens (tertiary/aromatic N) is 2. The Balaban J connectivity index is 4.47. The minimum Gasteiger partial charge on any atom is -0.347 e. The summed E-state index contributed by atoms with van der Waals surface area (Å²) in [6.07, 6.45) is 7.34. The van der Waals surface area contributed by atoms with Gasteiger partial charge in [-0.05, 0) is 61.2 Å². The van der Waals surface area contributed by atoms with E-state index in [0.29, 0.717) is 6.42 Å². The van der Waals surface area contributed by atoms with E-state index in [4.69, 9.17) is 0 Å². The molecule has 0 saturated heterocycles. The minimum absolute atomic E-state index is 0.0366. The van der Waals surface area contributed by atoms with Gasteiger partial charge in [-0.3, -0.25) is 9.59 Å². The fraction of sp³-hybridized carbons (Fsp3) is 0.667. The molecular weight excluding hydrogens is 290 g/mol. The van der Waals surface area contributed by atoms with Crippen LogP contribution < -0.4 is 5.32 Å². The van der Waals surface area contributed by atoms with Crippen LogP contribution in [0.3, 0.4) is 0 Å². The standard InChI is InChI=1S/C18H33N3O2/c1-17(2,3)21(8)16(23)12-9-13-18(4,5)19-15(22)11-10-14-20(6)7/h9-12H,13-14H2,1-8H3,(H,19,22)/b11-10+,12-9-. The van der Waals surface area contributed by atoms with Gasteiger partial charge in [0, 0.05) is 30.7 Å². The van der Waals surface area contributed by atoms with E-state index in [1.807, 2.05) is 65.8 Å². The summed E-state index contributed by atoms with van der Waals surface area (Å²) in [5.41, 5.74) is -0.612. The molecule has 5 heteroatoms. The van der Waals surface area contributed by atoms with Crippen LogP contribution in [0, 0.1) is 0 Å². The molecule has 0 fully saturated rings. The second-order valence-electron chi connectivity index (χ2n) is 7.71. The first-order chi connectivity index (χ1) is 10.3. The molecule has 0 aromatic carbocycles. The molecule has 0 aliphatic heterocycles. The number of hydrogen-bond donors (Lipinski definition) is 1. The summed E-state index contributed by atoms with van der Waals surface area (Å²) >= 11 is 0. The maximum Gasteiger partial charge on any atom is 0.246 e. The Morgan fingerprint density at radius 3 is 2.00 bits per heavy atom. The smallest absolute Gasteiger partial charge is 0.246 e. The van der Waals surface area contributed by atoms with Crippen LogP contribution in [0.2, 0.25) is 0 Å². The van der Waals surface area contributed by atoms with Gasteiger partial charge < -0.3 is 15.1 Å². The van der Waals surface area contributed by atoms with Crippen molar-refractivity contribution in [1.29, 1.82) is 0 Å². The number of nitrogens with one attached hydrogen (secondary N) is 1. The Morgan fingerprint density at radius 2 is 1.52 bits per heavy atom. The summed E-state index contributed by atoms with van der Waals surface area (Å²) < 4.78 is 0. The predicted molar refractivity (Wildman–Crippen MR) is 96.2 cm³/mol. The first-order valence-corrected chi connectivity index (χ1v) is 7.93. The lowest BCUT2D eigenvalue weighted by atomic mass is 10.00. The third-order valence-corrected chi connectivity index (χ3v) is 3.43. The van der Waals surface area contributed by atoms with Crippen molar-refractivity contribution in [3.8, 4) is 0 Å². The van der Waals surface area contributed by atoms with Crippen molar-refractivity contribution in [2.45, 2.75) is 52.1 Å². The van der Waals surface area contributed by atoms with Gasteiger partial charge in [0.15, 0.2) is 0 Å². The zero-order chi connectivity index (χ0) is 18.3. The van der Waals surface area contributed by atoms with E-state index >= 15 is 0 Å². The van der Waals surface area contributed by atoms with E-state index in [1.54, 1.807) is 24.1 Å². The van der Waals surface area contributed by atoms with Crippen molar-refractivity contribution in [2.75, 3.05) is 27.7 Å². The van der Waals surface area contributed by atoms with E-state index in [9.17, 15) is 9.59 Å². The number of carbonyl (C=O) groups is 2. The monoisotopic (exact) mass is 323 g/mol. The van der Waals surface area contributed by atoms with E-state index in [0.717, 1.165) is 6.54 Å². The first-order valence-electron chi connectivity index (χ1n) is 7.93. The summed E-state index contributed by atoms with van der Waals surface area (Å²) in [7, 11) is 5.68. The average molecular weight is 323 g/mol. The van der Waals surface area contributed by atoms with Gasteiger partial charge in [0.2, 0.25) is 11.8 Å². The highest BCUT2D eigenvalue weighted by Crippen LogP contribution is 2.12. The van der Waals surface area contributed by atoms with Crippen LogP contribution in [-0.2, 0) is 9.59 Å². The van der Waals surface area contributed by atoms with Gasteiger partial charge in [-0.1, -0.05) is 12.2 Å². The lowest BCUT2D eigenvalue weighted by Gasteiger charge is -2.31. The van der Waals surface area contributed by atoms with Crippen LogP contribution in [0.15, 0.2) is 24.3 Å². The van der Waals surface area contributed by atoms with E-state index in [-0.39, 0.29) is 17.4 Å². The average Bonchev–Trinajstić information content (AvgIpc) is 2.34. The van der Waals surface area contributed by atoms with Crippen LogP contribution in [0.1, 0.15) is 41.0 Å². The molecule has 1 N–H and O–H groups in total.